The fraction of sp³-hybridized carbons (Fsp3) is 0.636. The molecular weight excluding hydrogens is 190 g/mol. The molecule has 0 bridgehead atoms. The molecule has 0 spiro atoms. The predicted octanol–water partition coefficient (Wildman–Crippen LogP) is 2.56. The van der Waals surface area contributed by atoms with E-state index in [2.05, 4.69) is 17.5 Å². The number of allylic oxidation sites excluding steroid dienone is 2. The Morgan fingerprint density at radius 2 is 2.07 bits per heavy atom. The molecule has 0 rings (SSSR count). The van der Waals surface area contributed by atoms with Gasteiger partial charge in [0.2, 0.25) is 0 Å². The standard InChI is InChI=1S/C11H21N3O/c1-2-3-4-5-6-7-8-9-10-13-14-11(12)15/h8-10H,2-7H2,1H3,(H3,12,14,15)/b9-8+,13-10?. The average Bonchev–Trinajstić information content (AvgIpc) is 2.20. The highest BCUT2D eigenvalue weighted by Crippen LogP contribution is 2.04. The van der Waals surface area contributed by atoms with Crippen molar-refractivity contribution < 1.29 is 4.79 Å². The first-order valence-electron chi connectivity index (χ1n) is 5.51. The summed E-state index contributed by atoms with van der Waals surface area (Å²) in [5, 5.41) is 3.58. The fourth-order valence-corrected chi connectivity index (χ4v) is 1.17. The van der Waals surface area contributed by atoms with E-state index in [0.717, 1.165) is 6.42 Å². The van der Waals surface area contributed by atoms with E-state index in [0.29, 0.717) is 0 Å². The second-order valence-corrected chi connectivity index (χ2v) is 3.39. The zero-order valence-electron chi connectivity index (χ0n) is 9.41. The summed E-state index contributed by atoms with van der Waals surface area (Å²) in [5.41, 5.74) is 6.93. The minimum atomic E-state index is -0.640. The monoisotopic (exact) mass is 211 g/mol. The number of rotatable bonds is 8. The highest BCUT2D eigenvalue weighted by molar-refractivity contribution is 5.75. The molecule has 0 fully saturated rings. The number of nitrogens with two attached hydrogens (primary N) is 1. The fourth-order valence-electron chi connectivity index (χ4n) is 1.17. The highest BCUT2D eigenvalue weighted by Gasteiger charge is 1.85. The molecule has 4 heteroatoms. The lowest BCUT2D eigenvalue weighted by atomic mass is 10.1. The Hall–Kier alpha value is -1.32. The quantitative estimate of drug-likeness (QED) is 0.361. The summed E-state index contributed by atoms with van der Waals surface area (Å²) >= 11 is 0. The summed E-state index contributed by atoms with van der Waals surface area (Å²) in [4.78, 5) is 10.2. The molecule has 0 saturated carbocycles. The van der Waals surface area contributed by atoms with Gasteiger partial charge in [0.25, 0.3) is 0 Å². The van der Waals surface area contributed by atoms with Crippen molar-refractivity contribution in [2.45, 2.75) is 45.4 Å². The number of nitrogens with zero attached hydrogens (tertiary/aromatic N) is 1. The number of hydrogen-bond acceptors (Lipinski definition) is 2. The number of hydrazone groups is 1. The van der Waals surface area contributed by atoms with Crippen molar-refractivity contribution in [1.82, 2.24) is 5.43 Å². The topological polar surface area (TPSA) is 67.5 Å². The Balaban J connectivity index is 3.23. The van der Waals surface area contributed by atoms with Crippen LogP contribution in [0.4, 0.5) is 4.79 Å². The second-order valence-electron chi connectivity index (χ2n) is 3.39. The third-order valence-electron chi connectivity index (χ3n) is 1.95. The van der Waals surface area contributed by atoms with E-state index >= 15 is 0 Å². The van der Waals surface area contributed by atoms with Crippen LogP contribution < -0.4 is 11.2 Å². The molecular formula is C11H21N3O. The van der Waals surface area contributed by atoms with Crippen LogP contribution in [-0.2, 0) is 0 Å². The van der Waals surface area contributed by atoms with Gasteiger partial charge in [-0.2, -0.15) is 5.10 Å². The zero-order chi connectivity index (χ0) is 11.4. The van der Waals surface area contributed by atoms with Crippen LogP contribution in [0.15, 0.2) is 17.3 Å². The maximum Gasteiger partial charge on any atom is 0.332 e. The van der Waals surface area contributed by atoms with Crippen LogP contribution in [0.3, 0.4) is 0 Å². The van der Waals surface area contributed by atoms with E-state index in [-0.39, 0.29) is 0 Å². The van der Waals surface area contributed by atoms with Crippen LogP contribution in [0, 0.1) is 0 Å². The molecule has 2 amide bonds. The van der Waals surface area contributed by atoms with Crippen molar-refractivity contribution in [3.63, 3.8) is 0 Å². The Bertz CT molecular complexity index is 212. The lowest BCUT2D eigenvalue weighted by Crippen LogP contribution is -2.24. The van der Waals surface area contributed by atoms with E-state index in [1.54, 1.807) is 0 Å². The molecule has 4 nitrogen and oxygen atoms in total. The van der Waals surface area contributed by atoms with Crippen LogP contribution >= 0.6 is 0 Å². The maximum absolute atomic E-state index is 10.2. The molecule has 0 aromatic heterocycles. The van der Waals surface area contributed by atoms with E-state index < -0.39 is 6.03 Å². The van der Waals surface area contributed by atoms with Crippen LogP contribution in [0.5, 0.6) is 0 Å². The SMILES string of the molecule is CCCCCCC/C=C/C=NNC(N)=O. The van der Waals surface area contributed by atoms with Gasteiger partial charge in [-0.05, 0) is 18.9 Å². The summed E-state index contributed by atoms with van der Waals surface area (Å²) in [6.45, 7) is 2.21. The van der Waals surface area contributed by atoms with Gasteiger partial charge in [0.05, 0.1) is 0 Å². The summed E-state index contributed by atoms with van der Waals surface area (Å²) < 4.78 is 0. The van der Waals surface area contributed by atoms with Gasteiger partial charge in [0.15, 0.2) is 0 Å². The number of nitrogens with one attached hydrogen (secondary N) is 1. The van der Waals surface area contributed by atoms with Crippen LogP contribution in [0.1, 0.15) is 45.4 Å². The van der Waals surface area contributed by atoms with E-state index in [1.807, 2.05) is 12.2 Å². The molecule has 15 heavy (non-hydrogen) atoms. The lowest BCUT2D eigenvalue weighted by Gasteiger charge is -1.95. The summed E-state index contributed by atoms with van der Waals surface area (Å²) in [5.74, 6) is 0. The minimum Gasteiger partial charge on any atom is -0.350 e. The smallest absolute Gasteiger partial charge is 0.332 e. The molecule has 0 aliphatic rings. The molecule has 0 radical (unpaired) electrons. The third kappa shape index (κ3) is 12.7. The highest BCUT2D eigenvalue weighted by atomic mass is 16.2. The van der Waals surface area contributed by atoms with Gasteiger partial charge < -0.3 is 5.73 Å². The molecule has 86 valence electrons. The van der Waals surface area contributed by atoms with Crippen LogP contribution in [0.2, 0.25) is 0 Å². The van der Waals surface area contributed by atoms with E-state index in [9.17, 15) is 4.79 Å². The molecule has 0 unspecified atom stereocenters. The van der Waals surface area contributed by atoms with Gasteiger partial charge >= 0.3 is 6.03 Å². The zero-order valence-corrected chi connectivity index (χ0v) is 9.41. The molecule has 0 aliphatic carbocycles. The van der Waals surface area contributed by atoms with Crippen LogP contribution in [-0.4, -0.2) is 12.2 Å². The molecule has 0 saturated heterocycles. The molecule has 0 heterocycles. The number of primary amides is 1. The first-order chi connectivity index (χ1) is 7.27. The molecule has 0 aromatic rings. The summed E-state index contributed by atoms with van der Waals surface area (Å²) in [6.07, 6.45) is 12.9. The van der Waals surface area contributed by atoms with Gasteiger partial charge in [-0.1, -0.05) is 38.7 Å². The van der Waals surface area contributed by atoms with Crippen molar-refractivity contribution in [2.75, 3.05) is 0 Å². The Kier molecular flexibility index (Phi) is 9.81. The van der Waals surface area contributed by atoms with Crippen molar-refractivity contribution >= 4 is 12.2 Å². The Morgan fingerprint density at radius 1 is 1.33 bits per heavy atom. The number of hydrogen-bond donors (Lipinski definition) is 2. The number of amides is 2. The van der Waals surface area contributed by atoms with Gasteiger partial charge in [-0.25, -0.2) is 10.2 Å². The van der Waals surface area contributed by atoms with Gasteiger partial charge in [0, 0.05) is 6.21 Å². The second kappa shape index (κ2) is 10.8. The van der Waals surface area contributed by atoms with Crippen LogP contribution in [0.25, 0.3) is 0 Å². The van der Waals surface area contributed by atoms with E-state index in [1.165, 1.54) is 38.3 Å². The largest absolute Gasteiger partial charge is 0.350 e. The first kappa shape index (κ1) is 13.7. The predicted molar refractivity (Wildman–Crippen MR) is 63.7 cm³/mol. The van der Waals surface area contributed by atoms with Gasteiger partial charge in [-0.15, -0.1) is 0 Å². The molecule has 3 N–H and O–H groups in total. The Morgan fingerprint density at radius 3 is 2.73 bits per heavy atom. The van der Waals surface area contributed by atoms with Gasteiger partial charge in [-0.3, -0.25) is 0 Å². The number of urea groups is 1. The molecule has 0 atom stereocenters. The average molecular weight is 211 g/mol. The molecule has 0 aromatic carbocycles. The van der Waals surface area contributed by atoms with Crippen molar-refractivity contribution in [3.8, 4) is 0 Å². The third-order valence-corrected chi connectivity index (χ3v) is 1.95. The van der Waals surface area contributed by atoms with Crippen molar-refractivity contribution in [1.29, 1.82) is 0 Å². The summed E-state index contributed by atoms with van der Waals surface area (Å²) in [6, 6.07) is -0.640. The van der Waals surface area contributed by atoms with Crippen molar-refractivity contribution in [3.05, 3.63) is 12.2 Å². The Labute approximate surface area is 91.6 Å². The lowest BCUT2D eigenvalue weighted by molar-refractivity contribution is 0.249. The minimum absolute atomic E-state index is 0.640. The van der Waals surface area contributed by atoms with Crippen molar-refractivity contribution in [2.24, 2.45) is 10.8 Å². The number of carbonyl (C=O) groups is 1. The molecule has 0 aliphatic heterocycles. The maximum atomic E-state index is 10.2. The number of unbranched alkanes of at least 4 members (excludes halogenated alkanes) is 5. The normalized spacial score (nSPS) is 11.3. The van der Waals surface area contributed by atoms with Gasteiger partial charge in [0.1, 0.15) is 0 Å². The first-order valence-corrected chi connectivity index (χ1v) is 5.51. The summed E-state index contributed by atoms with van der Waals surface area (Å²) in [7, 11) is 0. The van der Waals surface area contributed by atoms with E-state index in [4.69, 9.17) is 5.73 Å². The number of carbonyl (C=O) groups excluding carboxylic acids is 1.